The molecular formula is C16H23N3OS. The third kappa shape index (κ3) is 2.53. The Hall–Kier alpha value is -1.20. The van der Waals surface area contributed by atoms with Gasteiger partial charge >= 0.3 is 0 Å². The molecule has 114 valence electrons. The summed E-state index contributed by atoms with van der Waals surface area (Å²) in [6, 6.07) is 2.06. The van der Waals surface area contributed by atoms with Gasteiger partial charge < -0.3 is 10.5 Å². The number of fused-ring (bicyclic) bond motifs is 1. The lowest BCUT2D eigenvalue weighted by Gasteiger charge is -2.41. The summed E-state index contributed by atoms with van der Waals surface area (Å²) in [4.78, 5) is 11.5. The largest absolute Gasteiger partial charge is 0.383 e. The van der Waals surface area contributed by atoms with Gasteiger partial charge in [0.05, 0.1) is 5.39 Å². The molecule has 0 aliphatic heterocycles. The van der Waals surface area contributed by atoms with Crippen molar-refractivity contribution in [1.29, 1.82) is 0 Å². The SMILES string of the molecule is COC1(c2nc(N)c3cc(C)sc3n2)CCC(C)(C)CC1. The third-order valence-corrected chi connectivity index (χ3v) is 5.70. The fourth-order valence-corrected chi connectivity index (χ4v) is 4.00. The summed E-state index contributed by atoms with van der Waals surface area (Å²) in [6.45, 7) is 6.70. The Bertz CT molecular complexity index is 667. The van der Waals surface area contributed by atoms with E-state index in [2.05, 4.69) is 31.8 Å². The van der Waals surface area contributed by atoms with Gasteiger partial charge in [0.1, 0.15) is 16.2 Å². The second-order valence-electron chi connectivity index (χ2n) is 6.87. The Balaban J connectivity index is 2.05. The first-order valence-electron chi connectivity index (χ1n) is 7.45. The number of hydrogen-bond donors (Lipinski definition) is 1. The lowest BCUT2D eigenvalue weighted by molar-refractivity contribution is -0.0725. The van der Waals surface area contributed by atoms with Crippen molar-refractivity contribution in [3.05, 3.63) is 16.8 Å². The fraction of sp³-hybridized carbons (Fsp3) is 0.625. The number of rotatable bonds is 2. The maximum atomic E-state index is 6.14. The van der Waals surface area contributed by atoms with E-state index in [0.717, 1.165) is 41.7 Å². The predicted octanol–water partition coefficient (Wildman–Crippen LogP) is 4.02. The molecule has 0 amide bonds. The molecule has 4 nitrogen and oxygen atoms in total. The van der Waals surface area contributed by atoms with Crippen LogP contribution in [-0.2, 0) is 10.3 Å². The lowest BCUT2D eigenvalue weighted by atomic mass is 9.70. The van der Waals surface area contributed by atoms with Crippen molar-refractivity contribution in [2.24, 2.45) is 5.41 Å². The lowest BCUT2D eigenvalue weighted by Crippen LogP contribution is -2.38. The van der Waals surface area contributed by atoms with Crippen LogP contribution in [0.15, 0.2) is 6.07 Å². The number of aryl methyl sites for hydroxylation is 1. The zero-order valence-electron chi connectivity index (χ0n) is 13.2. The van der Waals surface area contributed by atoms with Gasteiger partial charge in [0.2, 0.25) is 0 Å². The molecule has 0 aromatic carbocycles. The van der Waals surface area contributed by atoms with Crippen molar-refractivity contribution in [3.8, 4) is 0 Å². The molecule has 0 bridgehead atoms. The van der Waals surface area contributed by atoms with E-state index in [1.807, 2.05) is 0 Å². The fourth-order valence-electron chi connectivity index (χ4n) is 3.12. The first kappa shape index (κ1) is 14.7. The van der Waals surface area contributed by atoms with Gasteiger partial charge in [-0.05, 0) is 44.1 Å². The zero-order chi connectivity index (χ0) is 15.3. The standard InChI is InChI=1S/C16H23N3OS/c1-10-9-11-12(17)18-14(19-13(11)21-10)16(20-4)7-5-15(2,3)6-8-16/h9H,5-8H2,1-4H3,(H2,17,18,19). The summed E-state index contributed by atoms with van der Waals surface area (Å²) >= 11 is 1.67. The number of hydrogen-bond acceptors (Lipinski definition) is 5. The van der Waals surface area contributed by atoms with Crippen molar-refractivity contribution >= 4 is 27.4 Å². The predicted molar refractivity (Wildman–Crippen MR) is 87.5 cm³/mol. The molecule has 0 spiro atoms. The maximum absolute atomic E-state index is 6.14. The summed E-state index contributed by atoms with van der Waals surface area (Å²) in [5.41, 5.74) is 6.14. The first-order valence-corrected chi connectivity index (χ1v) is 8.26. The van der Waals surface area contributed by atoms with Gasteiger partial charge in [0.25, 0.3) is 0 Å². The van der Waals surface area contributed by atoms with Crippen molar-refractivity contribution < 1.29 is 4.74 Å². The molecule has 21 heavy (non-hydrogen) atoms. The summed E-state index contributed by atoms with van der Waals surface area (Å²) in [5, 5.41) is 0.962. The molecule has 2 heterocycles. The molecule has 2 aromatic rings. The molecule has 2 aromatic heterocycles. The van der Waals surface area contributed by atoms with E-state index in [4.69, 9.17) is 15.5 Å². The molecule has 0 saturated heterocycles. The molecule has 1 aliphatic rings. The Kier molecular flexibility index (Phi) is 3.45. The van der Waals surface area contributed by atoms with E-state index in [0.29, 0.717) is 11.2 Å². The number of nitrogens with two attached hydrogens (primary N) is 1. The smallest absolute Gasteiger partial charge is 0.164 e. The highest BCUT2D eigenvalue weighted by atomic mass is 32.1. The second-order valence-corrected chi connectivity index (χ2v) is 8.11. The summed E-state index contributed by atoms with van der Waals surface area (Å²) in [5.74, 6) is 1.33. The van der Waals surface area contributed by atoms with Gasteiger partial charge in [0.15, 0.2) is 5.82 Å². The number of nitrogens with zero attached hydrogens (tertiary/aromatic N) is 2. The highest BCUT2D eigenvalue weighted by Crippen LogP contribution is 2.46. The molecule has 0 unspecified atom stereocenters. The Labute approximate surface area is 129 Å². The molecule has 3 rings (SSSR count). The molecule has 0 radical (unpaired) electrons. The van der Waals surface area contributed by atoms with Crippen LogP contribution in [0, 0.1) is 12.3 Å². The number of thiophene rings is 1. The van der Waals surface area contributed by atoms with Gasteiger partial charge in [-0.2, -0.15) is 0 Å². The molecule has 2 N–H and O–H groups in total. The minimum atomic E-state index is -0.379. The van der Waals surface area contributed by atoms with Crippen LogP contribution in [0.4, 0.5) is 5.82 Å². The van der Waals surface area contributed by atoms with E-state index < -0.39 is 0 Å². The zero-order valence-corrected chi connectivity index (χ0v) is 14.0. The van der Waals surface area contributed by atoms with Crippen LogP contribution in [0.25, 0.3) is 10.2 Å². The van der Waals surface area contributed by atoms with Crippen LogP contribution >= 0.6 is 11.3 Å². The molecule has 1 fully saturated rings. The quantitative estimate of drug-likeness (QED) is 0.910. The number of nitrogen functional groups attached to an aromatic ring is 1. The second kappa shape index (κ2) is 4.92. The van der Waals surface area contributed by atoms with Gasteiger partial charge in [-0.15, -0.1) is 11.3 Å². The highest BCUT2D eigenvalue weighted by molar-refractivity contribution is 7.18. The van der Waals surface area contributed by atoms with Crippen LogP contribution in [0.2, 0.25) is 0 Å². The van der Waals surface area contributed by atoms with Gasteiger partial charge in [-0.25, -0.2) is 9.97 Å². The van der Waals surface area contributed by atoms with E-state index in [1.165, 1.54) is 4.88 Å². The minimum absolute atomic E-state index is 0.372. The summed E-state index contributed by atoms with van der Waals surface area (Å²) < 4.78 is 5.89. The average molecular weight is 305 g/mol. The summed E-state index contributed by atoms with van der Waals surface area (Å²) in [6.07, 6.45) is 4.13. The number of methoxy groups -OCH3 is 1. The normalized spacial score (nSPS) is 20.8. The summed E-state index contributed by atoms with van der Waals surface area (Å²) in [7, 11) is 1.77. The molecule has 0 atom stereocenters. The van der Waals surface area contributed by atoms with Crippen LogP contribution in [-0.4, -0.2) is 17.1 Å². The maximum Gasteiger partial charge on any atom is 0.164 e. The van der Waals surface area contributed by atoms with Crippen LogP contribution in [0.5, 0.6) is 0 Å². The monoisotopic (exact) mass is 305 g/mol. The number of ether oxygens (including phenoxy) is 1. The van der Waals surface area contributed by atoms with Crippen molar-refractivity contribution in [1.82, 2.24) is 9.97 Å². The van der Waals surface area contributed by atoms with Gasteiger partial charge in [-0.3, -0.25) is 0 Å². The molecule has 1 saturated carbocycles. The Morgan fingerprint density at radius 1 is 1.19 bits per heavy atom. The van der Waals surface area contributed by atoms with Gasteiger partial charge in [0, 0.05) is 12.0 Å². The van der Waals surface area contributed by atoms with Gasteiger partial charge in [-0.1, -0.05) is 13.8 Å². The topological polar surface area (TPSA) is 61.0 Å². The van der Waals surface area contributed by atoms with Crippen molar-refractivity contribution in [2.75, 3.05) is 12.8 Å². The Morgan fingerprint density at radius 2 is 1.86 bits per heavy atom. The number of aromatic nitrogens is 2. The molecule has 1 aliphatic carbocycles. The van der Waals surface area contributed by atoms with Crippen LogP contribution in [0.3, 0.4) is 0 Å². The van der Waals surface area contributed by atoms with Crippen LogP contribution < -0.4 is 5.73 Å². The van der Waals surface area contributed by atoms with Crippen molar-refractivity contribution in [3.63, 3.8) is 0 Å². The van der Waals surface area contributed by atoms with E-state index in [1.54, 1.807) is 18.4 Å². The molecular weight excluding hydrogens is 282 g/mol. The third-order valence-electron chi connectivity index (χ3n) is 4.75. The Morgan fingerprint density at radius 3 is 2.48 bits per heavy atom. The average Bonchev–Trinajstić information content (AvgIpc) is 2.81. The minimum Gasteiger partial charge on any atom is -0.383 e. The van der Waals surface area contributed by atoms with E-state index >= 15 is 0 Å². The van der Waals surface area contributed by atoms with Crippen LogP contribution in [0.1, 0.15) is 50.2 Å². The van der Waals surface area contributed by atoms with Crippen molar-refractivity contribution in [2.45, 2.75) is 52.1 Å². The molecule has 5 heteroatoms. The highest BCUT2D eigenvalue weighted by Gasteiger charge is 2.42. The first-order chi connectivity index (χ1) is 9.85. The van der Waals surface area contributed by atoms with E-state index in [-0.39, 0.29) is 5.60 Å². The number of anilines is 1. The van der Waals surface area contributed by atoms with E-state index in [9.17, 15) is 0 Å².